The molecule has 1 atom stereocenters. The molecule has 0 radical (unpaired) electrons. The average Bonchev–Trinajstić information content (AvgIpc) is 1.99. The summed E-state index contributed by atoms with van der Waals surface area (Å²) in [5, 5.41) is 17.1. The van der Waals surface area contributed by atoms with E-state index in [9.17, 15) is 9.59 Å². The maximum atomic E-state index is 10.8. The summed E-state index contributed by atoms with van der Waals surface area (Å²) in [7, 11) is 5.59. The average molecular weight is 220 g/mol. The fraction of sp³-hybridized carbons (Fsp3) is 0.778. The number of aliphatic hydroxyl groups excluding tert-OH is 1. The van der Waals surface area contributed by atoms with E-state index in [1.54, 1.807) is 0 Å². The Hall–Kier alpha value is -1.14. The van der Waals surface area contributed by atoms with Gasteiger partial charge in [-0.25, -0.2) is 4.79 Å². The van der Waals surface area contributed by atoms with Crippen molar-refractivity contribution < 1.29 is 29.0 Å². The smallest absolute Gasteiger partial charge is 0.332 e. The van der Waals surface area contributed by atoms with Gasteiger partial charge in [-0.15, -0.1) is 0 Å². The molecule has 0 unspecified atom stereocenters. The van der Waals surface area contributed by atoms with Crippen LogP contribution in [0.25, 0.3) is 0 Å². The Balaban J connectivity index is 4.31. The number of aliphatic carboxylic acids is 1. The second-order valence-corrected chi connectivity index (χ2v) is 4.34. The molecule has 0 aliphatic carbocycles. The van der Waals surface area contributed by atoms with Gasteiger partial charge >= 0.3 is 11.9 Å². The van der Waals surface area contributed by atoms with E-state index >= 15 is 0 Å². The molecule has 0 aromatic carbocycles. The molecule has 0 aliphatic rings. The summed E-state index contributed by atoms with van der Waals surface area (Å²) in [4.78, 5) is 21.3. The summed E-state index contributed by atoms with van der Waals surface area (Å²) in [6.45, 7) is -0.342. The molecule has 0 bridgehead atoms. The second kappa shape index (κ2) is 5.67. The Morgan fingerprint density at radius 3 is 2.20 bits per heavy atom. The SMILES string of the molecule is C[N+](C)(C)C[C@@H](CC(=O)O)OC(=O)CO. The number of aliphatic hydroxyl groups is 1. The van der Waals surface area contributed by atoms with Crippen LogP contribution < -0.4 is 0 Å². The lowest BCUT2D eigenvalue weighted by atomic mass is 10.2. The summed E-state index contributed by atoms with van der Waals surface area (Å²) in [5.41, 5.74) is 0. The van der Waals surface area contributed by atoms with E-state index < -0.39 is 24.6 Å². The van der Waals surface area contributed by atoms with Gasteiger partial charge in [-0.2, -0.15) is 0 Å². The third kappa shape index (κ3) is 7.90. The molecule has 2 N–H and O–H groups in total. The zero-order valence-electron chi connectivity index (χ0n) is 9.27. The van der Waals surface area contributed by atoms with E-state index in [1.807, 2.05) is 21.1 Å². The summed E-state index contributed by atoms with van der Waals surface area (Å²) in [6, 6.07) is 0. The number of hydrogen-bond acceptors (Lipinski definition) is 4. The number of hydrogen-bond donors (Lipinski definition) is 2. The summed E-state index contributed by atoms with van der Waals surface area (Å²) in [6.07, 6.45) is -0.955. The van der Waals surface area contributed by atoms with Crippen LogP contribution >= 0.6 is 0 Å². The lowest BCUT2D eigenvalue weighted by molar-refractivity contribution is -0.873. The second-order valence-electron chi connectivity index (χ2n) is 4.34. The van der Waals surface area contributed by atoms with Gasteiger partial charge in [-0.05, 0) is 0 Å². The number of rotatable bonds is 6. The summed E-state index contributed by atoms with van der Waals surface area (Å²) < 4.78 is 5.28. The Labute approximate surface area is 88.7 Å². The molecule has 0 aromatic heterocycles. The monoisotopic (exact) mass is 220 g/mol. The third-order valence-corrected chi connectivity index (χ3v) is 1.58. The van der Waals surface area contributed by atoms with Gasteiger partial charge in [0.25, 0.3) is 0 Å². The predicted molar refractivity (Wildman–Crippen MR) is 52.1 cm³/mol. The molecule has 0 aromatic rings. The lowest BCUT2D eigenvalue weighted by Gasteiger charge is -2.28. The molecule has 0 fully saturated rings. The Bertz CT molecular complexity index is 233. The van der Waals surface area contributed by atoms with E-state index in [1.165, 1.54) is 0 Å². The summed E-state index contributed by atoms with van der Waals surface area (Å²) >= 11 is 0. The van der Waals surface area contributed by atoms with Crippen molar-refractivity contribution in [2.75, 3.05) is 34.3 Å². The van der Waals surface area contributed by atoms with Crippen molar-refractivity contribution in [1.29, 1.82) is 0 Å². The molecule has 0 heterocycles. The summed E-state index contributed by atoms with van der Waals surface area (Å²) in [5.74, 6) is -1.83. The van der Waals surface area contributed by atoms with Gasteiger partial charge in [0.1, 0.15) is 13.2 Å². The van der Waals surface area contributed by atoms with E-state index in [-0.39, 0.29) is 6.42 Å². The van der Waals surface area contributed by atoms with Gasteiger partial charge in [0, 0.05) is 0 Å². The topological polar surface area (TPSA) is 83.8 Å². The number of carbonyl (C=O) groups is 2. The van der Waals surface area contributed by atoms with Crippen molar-refractivity contribution in [3.8, 4) is 0 Å². The van der Waals surface area contributed by atoms with Crippen LogP contribution in [0.2, 0.25) is 0 Å². The van der Waals surface area contributed by atoms with Crippen molar-refractivity contribution in [3.05, 3.63) is 0 Å². The maximum Gasteiger partial charge on any atom is 0.332 e. The Kier molecular flexibility index (Phi) is 5.24. The normalized spacial score (nSPS) is 13.3. The molecule has 0 rings (SSSR count). The van der Waals surface area contributed by atoms with Gasteiger partial charge in [0.05, 0.1) is 27.6 Å². The first-order valence-electron chi connectivity index (χ1n) is 4.57. The van der Waals surface area contributed by atoms with E-state index in [0.717, 1.165) is 0 Å². The van der Waals surface area contributed by atoms with E-state index in [0.29, 0.717) is 11.0 Å². The van der Waals surface area contributed by atoms with Crippen molar-refractivity contribution in [1.82, 2.24) is 0 Å². The van der Waals surface area contributed by atoms with Gasteiger partial charge in [-0.1, -0.05) is 0 Å². The first kappa shape index (κ1) is 13.9. The number of ether oxygens (including phenoxy) is 1. The zero-order chi connectivity index (χ0) is 12.1. The minimum Gasteiger partial charge on any atom is -0.481 e. The quantitative estimate of drug-likeness (QED) is 0.446. The first-order chi connectivity index (χ1) is 6.74. The number of nitrogens with zero attached hydrogens (tertiary/aromatic N) is 1. The zero-order valence-corrected chi connectivity index (χ0v) is 9.27. The fourth-order valence-corrected chi connectivity index (χ4v) is 1.17. The highest BCUT2D eigenvalue weighted by atomic mass is 16.6. The highest BCUT2D eigenvalue weighted by Gasteiger charge is 2.24. The predicted octanol–water partition coefficient (Wildman–Crippen LogP) is -0.929. The molecule has 0 amide bonds. The standard InChI is InChI=1S/C9H17NO5/c1-10(2,3)5-7(4-8(12)13)15-9(14)6-11/h7,11H,4-6H2,1-3H3/p+1/t7-/m1/s1. The van der Waals surface area contributed by atoms with Crippen LogP contribution in [0.3, 0.4) is 0 Å². The molecular formula is C9H18NO5+. The van der Waals surface area contributed by atoms with Crippen molar-refractivity contribution in [2.24, 2.45) is 0 Å². The van der Waals surface area contributed by atoms with Gasteiger partial charge < -0.3 is 19.4 Å². The number of carboxylic acids is 1. The van der Waals surface area contributed by atoms with Crippen LogP contribution in [0, 0.1) is 0 Å². The largest absolute Gasteiger partial charge is 0.481 e. The molecule has 0 saturated heterocycles. The van der Waals surface area contributed by atoms with Gasteiger partial charge in [-0.3, -0.25) is 4.79 Å². The number of carboxylic acid groups (broad SMARTS) is 1. The minimum absolute atomic E-state index is 0.249. The molecular weight excluding hydrogens is 202 g/mol. The number of carbonyl (C=O) groups excluding carboxylic acids is 1. The number of quaternary nitrogens is 1. The first-order valence-corrected chi connectivity index (χ1v) is 4.57. The number of esters is 1. The Morgan fingerprint density at radius 1 is 1.33 bits per heavy atom. The molecule has 0 aliphatic heterocycles. The molecule has 6 heteroatoms. The van der Waals surface area contributed by atoms with E-state index in [4.69, 9.17) is 14.9 Å². The maximum absolute atomic E-state index is 10.8. The van der Waals surface area contributed by atoms with Crippen LogP contribution in [-0.2, 0) is 14.3 Å². The van der Waals surface area contributed by atoms with Crippen LogP contribution in [0.5, 0.6) is 0 Å². The number of likely N-dealkylation sites (N-methyl/N-ethyl adjacent to an activating group) is 1. The van der Waals surface area contributed by atoms with Crippen LogP contribution in [0.1, 0.15) is 6.42 Å². The third-order valence-electron chi connectivity index (χ3n) is 1.58. The van der Waals surface area contributed by atoms with Crippen molar-refractivity contribution in [3.63, 3.8) is 0 Å². The molecule has 0 spiro atoms. The van der Waals surface area contributed by atoms with Crippen LogP contribution in [0.15, 0.2) is 0 Å². The molecule has 0 saturated carbocycles. The highest BCUT2D eigenvalue weighted by Crippen LogP contribution is 2.05. The van der Waals surface area contributed by atoms with Crippen LogP contribution in [-0.4, -0.2) is 67.0 Å². The van der Waals surface area contributed by atoms with Crippen molar-refractivity contribution in [2.45, 2.75) is 12.5 Å². The highest BCUT2D eigenvalue weighted by molar-refractivity contribution is 5.72. The molecule has 15 heavy (non-hydrogen) atoms. The molecule has 88 valence electrons. The van der Waals surface area contributed by atoms with Gasteiger partial charge in [0.15, 0.2) is 6.10 Å². The van der Waals surface area contributed by atoms with Crippen LogP contribution in [0.4, 0.5) is 0 Å². The molecule has 6 nitrogen and oxygen atoms in total. The fourth-order valence-electron chi connectivity index (χ4n) is 1.17. The minimum atomic E-state index is -1.03. The Morgan fingerprint density at radius 2 is 1.87 bits per heavy atom. The van der Waals surface area contributed by atoms with Crippen molar-refractivity contribution >= 4 is 11.9 Å². The lowest BCUT2D eigenvalue weighted by Crippen LogP contribution is -2.44. The van der Waals surface area contributed by atoms with Gasteiger partial charge in [0.2, 0.25) is 0 Å². The van der Waals surface area contributed by atoms with E-state index in [2.05, 4.69) is 0 Å².